The quantitative estimate of drug-likeness (QED) is 0.782. The Labute approximate surface area is 113 Å². The van der Waals surface area contributed by atoms with Crippen LogP contribution in [0.5, 0.6) is 0 Å². The van der Waals surface area contributed by atoms with Crippen molar-refractivity contribution >= 4 is 12.4 Å². The average Bonchev–Trinajstić information content (AvgIpc) is 2.30. The average molecular weight is 260 g/mol. The third-order valence-electron chi connectivity index (χ3n) is 5.21. The van der Waals surface area contributed by atoms with Crippen molar-refractivity contribution < 1.29 is 0 Å². The van der Waals surface area contributed by atoms with Crippen LogP contribution in [-0.4, -0.2) is 6.04 Å². The molecule has 2 aliphatic carbocycles. The fraction of sp³-hybridized carbons (Fsp3) is 1.00. The first-order valence-electron chi connectivity index (χ1n) is 7.42. The van der Waals surface area contributed by atoms with Crippen LogP contribution in [0.3, 0.4) is 0 Å². The lowest BCUT2D eigenvalue weighted by Gasteiger charge is -2.38. The molecule has 2 heteroatoms. The fourth-order valence-corrected chi connectivity index (χ4v) is 3.73. The predicted octanol–water partition coefficient (Wildman–Crippen LogP) is 4.39. The van der Waals surface area contributed by atoms with E-state index >= 15 is 0 Å². The zero-order valence-corrected chi connectivity index (χ0v) is 12.3. The Morgan fingerprint density at radius 2 is 1.00 bits per heavy atom. The standard InChI is InChI=1S/C15H29N.ClH/c1-11-3-7-13(8-4-11)15(16)14-9-5-12(2)6-10-14;/h11-15H,3-10,16H2,1-2H3;1H. The van der Waals surface area contributed by atoms with Gasteiger partial charge in [0.25, 0.3) is 0 Å². The minimum absolute atomic E-state index is 0. The van der Waals surface area contributed by atoms with Gasteiger partial charge >= 0.3 is 0 Å². The number of nitrogens with two attached hydrogens (primary N) is 1. The molecular weight excluding hydrogens is 230 g/mol. The summed E-state index contributed by atoms with van der Waals surface area (Å²) in [6.45, 7) is 4.79. The molecule has 2 fully saturated rings. The molecule has 0 spiro atoms. The number of hydrogen-bond acceptors (Lipinski definition) is 1. The normalized spacial score (nSPS) is 40.4. The van der Waals surface area contributed by atoms with E-state index in [1.54, 1.807) is 0 Å². The van der Waals surface area contributed by atoms with E-state index in [-0.39, 0.29) is 12.4 Å². The van der Waals surface area contributed by atoms with Crippen LogP contribution < -0.4 is 5.73 Å². The molecule has 0 amide bonds. The minimum Gasteiger partial charge on any atom is -0.327 e. The lowest BCUT2D eigenvalue weighted by molar-refractivity contribution is 0.170. The molecule has 2 aliphatic rings. The molecular formula is C15H30ClN. The molecule has 0 aromatic heterocycles. The van der Waals surface area contributed by atoms with Crippen LogP contribution in [-0.2, 0) is 0 Å². The van der Waals surface area contributed by atoms with Gasteiger partial charge in [-0.2, -0.15) is 0 Å². The molecule has 0 aliphatic heterocycles. The van der Waals surface area contributed by atoms with Crippen LogP contribution in [0, 0.1) is 23.7 Å². The molecule has 0 atom stereocenters. The van der Waals surface area contributed by atoms with Crippen LogP contribution in [0.1, 0.15) is 65.2 Å². The van der Waals surface area contributed by atoms with E-state index in [0.29, 0.717) is 6.04 Å². The van der Waals surface area contributed by atoms with Gasteiger partial charge in [-0.1, -0.05) is 39.5 Å². The van der Waals surface area contributed by atoms with Crippen LogP contribution >= 0.6 is 12.4 Å². The Balaban J connectivity index is 0.00000144. The minimum atomic E-state index is 0. The Hall–Kier alpha value is 0.250. The molecule has 2 rings (SSSR count). The summed E-state index contributed by atoms with van der Waals surface area (Å²) in [4.78, 5) is 0. The van der Waals surface area contributed by atoms with Gasteiger partial charge in [0.05, 0.1) is 0 Å². The van der Waals surface area contributed by atoms with Crippen LogP contribution in [0.25, 0.3) is 0 Å². The van der Waals surface area contributed by atoms with E-state index < -0.39 is 0 Å². The Bertz CT molecular complexity index is 181. The Morgan fingerprint density at radius 1 is 0.706 bits per heavy atom. The first-order chi connectivity index (χ1) is 7.66. The molecule has 0 aromatic carbocycles. The van der Waals surface area contributed by atoms with Gasteiger partial charge in [0, 0.05) is 6.04 Å². The van der Waals surface area contributed by atoms with Crippen molar-refractivity contribution in [1.29, 1.82) is 0 Å². The summed E-state index contributed by atoms with van der Waals surface area (Å²) in [7, 11) is 0. The van der Waals surface area contributed by atoms with Crippen molar-refractivity contribution in [2.75, 3.05) is 0 Å². The number of hydrogen-bond donors (Lipinski definition) is 1. The number of rotatable bonds is 2. The molecule has 0 aromatic rings. The van der Waals surface area contributed by atoms with Gasteiger partial charge in [-0.3, -0.25) is 0 Å². The molecule has 1 nitrogen and oxygen atoms in total. The van der Waals surface area contributed by atoms with Crippen molar-refractivity contribution in [2.45, 2.75) is 71.3 Å². The molecule has 0 saturated heterocycles. The zero-order valence-electron chi connectivity index (χ0n) is 11.5. The molecule has 2 N–H and O–H groups in total. The zero-order chi connectivity index (χ0) is 11.5. The summed E-state index contributed by atoms with van der Waals surface area (Å²) < 4.78 is 0. The molecule has 0 heterocycles. The summed E-state index contributed by atoms with van der Waals surface area (Å²) >= 11 is 0. The van der Waals surface area contributed by atoms with Gasteiger partial charge < -0.3 is 5.73 Å². The predicted molar refractivity (Wildman–Crippen MR) is 77.5 cm³/mol. The topological polar surface area (TPSA) is 26.0 Å². The first-order valence-corrected chi connectivity index (χ1v) is 7.42. The third kappa shape index (κ3) is 4.13. The van der Waals surface area contributed by atoms with Crippen LogP contribution in [0.2, 0.25) is 0 Å². The van der Waals surface area contributed by atoms with Crippen LogP contribution in [0.15, 0.2) is 0 Å². The summed E-state index contributed by atoms with van der Waals surface area (Å²) in [5, 5.41) is 0. The van der Waals surface area contributed by atoms with E-state index in [9.17, 15) is 0 Å². The van der Waals surface area contributed by atoms with Gasteiger partial charge in [0.15, 0.2) is 0 Å². The highest BCUT2D eigenvalue weighted by molar-refractivity contribution is 5.85. The molecule has 102 valence electrons. The third-order valence-corrected chi connectivity index (χ3v) is 5.21. The molecule has 0 bridgehead atoms. The van der Waals surface area contributed by atoms with Crippen molar-refractivity contribution in [3.05, 3.63) is 0 Å². The monoisotopic (exact) mass is 259 g/mol. The van der Waals surface area contributed by atoms with E-state index in [1.165, 1.54) is 51.4 Å². The van der Waals surface area contributed by atoms with Gasteiger partial charge in [0.2, 0.25) is 0 Å². The Kier molecular flexibility index (Phi) is 6.30. The van der Waals surface area contributed by atoms with Gasteiger partial charge in [0.1, 0.15) is 0 Å². The molecule has 2 saturated carbocycles. The maximum absolute atomic E-state index is 6.51. The maximum atomic E-state index is 6.51. The molecule has 0 unspecified atom stereocenters. The molecule has 17 heavy (non-hydrogen) atoms. The van der Waals surface area contributed by atoms with Gasteiger partial charge in [-0.25, -0.2) is 0 Å². The van der Waals surface area contributed by atoms with Gasteiger partial charge in [-0.05, 0) is 49.4 Å². The van der Waals surface area contributed by atoms with Crippen LogP contribution in [0.4, 0.5) is 0 Å². The van der Waals surface area contributed by atoms with Gasteiger partial charge in [-0.15, -0.1) is 12.4 Å². The summed E-state index contributed by atoms with van der Waals surface area (Å²) in [5.74, 6) is 3.59. The first kappa shape index (κ1) is 15.3. The van der Waals surface area contributed by atoms with Crippen molar-refractivity contribution in [1.82, 2.24) is 0 Å². The second-order valence-corrected chi connectivity index (χ2v) is 6.62. The molecule has 0 radical (unpaired) electrons. The smallest absolute Gasteiger partial charge is 0.00956 e. The second kappa shape index (κ2) is 6.99. The summed E-state index contributed by atoms with van der Waals surface area (Å²) in [5.41, 5.74) is 6.51. The second-order valence-electron chi connectivity index (χ2n) is 6.62. The van der Waals surface area contributed by atoms with Crippen molar-refractivity contribution in [2.24, 2.45) is 29.4 Å². The highest BCUT2D eigenvalue weighted by atomic mass is 35.5. The SMILES string of the molecule is CC1CCC(C(N)C2CCC(C)CC2)CC1.Cl. The largest absolute Gasteiger partial charge is 0.327 e. The number of halogens is 1. The van der Waals surface area contributed by atoms with E-state index in [4.69, 9.17) is 5.73 Å². The summed E-state index contributed by atoms with van der Waals surface area (Å²) in [6, 6.07) is 0.514. The fourth-order valence-electron chi connectivity index (χ4n) is 3.73. The van der Waals surface area contributed by atoms with E-state index in [0.717, 1.165) is 23.7 Å². The van der Waals surface area contributed by atoms with Crippen molar-refractivity contribution in [3.63, 3.8) is 0 Å². The summed E-state index contributed by atoms with van der Waals surface area (Å²) in [6.07, 6.45) is 11.3. The Morgan fingerprint density at radius 3 is 1.29 bits per heavy atom. The maximum Gasteiger partial charge on any atom is 0.00956 e. The van der Waals surface area contributed by atoms with Crippen molar-refractivity contribution in [3.8, 4) is 0 Å². The lowest BCUT2D eigenvalue weighted by atomic mass is 9.71. The van der Waals surface area contributed by atoms with E-state index in [2.05, 4.69) is 13.8 Å². The highest BCUT2D eigenvalue weighted by Gasteiger charge is 2.31. The lowest BCUT2D eigenvalue weighted by Crippen LogP contribution is -2.40. The van der Waals surface area contributed by atoms with E-state index in [1.807, 2.05) is 0 Å². The highest BCUT2D eigenvalue weighted by Crippen LogP contribution is 2.37.